The summed E-state index contributed by atoms with van der Waals surface area (Å²) in [4.78, 5) is 11.9. The Morgan fingerprint density at radius 2 is 1.67 bits per heavy atom. The van der Waals surface area contributed by atoms with Crippen molar-refractivity contribution in [3.63, 3.8) is 0 Å². The second kappa shape index (κ2) is 7.04. The fraction of sp³-hybridized carbons (Fsp3) is 0.278. The molecular formula is C18H22N2O. The fourth-order valence-electron chi connectivity index (χ4n) is 2.37. The van der Waals surface area contributed by atoms with E-state index in [1.165, 1.54) is 11.1 Å². The summed E-state index contributed by atoms with van der Waals surface area (Å²) in [5.74, 6) is -0.0198. The first-order valence-electron chi connectivity index (χ1n) is 7.18. The smallest absolute Gasteiger partial charge is 0.238 e. The van der Waals surface area contributed by atoms with E-state index in [0.717, 1.165) is 16.8 Å². The number of hydrogen-bond acceptors (Lipinski definition) is 2. The van der Waals surface area contributed by atoms with Crippen molar-refractivity contribution in [1.29, 1.82) is 0 Å². The molecule has 0 aliphatic rings. The average molecular weight is 282 g/mol. The number of hydrogen-bond donors (Lipinski definition) is 2. The molecule has 0 fully saturated rings. The molecular weight excluding hydrogens is 260 g/mol. The number of amides is 1. The Kier molecular flexibility index (Phi) is 5.12. The highest BCUT2D eigenvalue weighted by Gasteiger charge is 2.04. The molecule has 2 aromatic rings. The Morgan fingerprint density at radius 3 is 2.33 bits per heavy atom. The molecule has 2 aromatic carbocycles. The number of aryl methyl sites for hydroxylation is 3. The first-order valence-corrected chi connectivity index (χ1v) is 7.18. The summed E-state index contributed by atoms with van der Waals surface area (Å²) in [6.45, 7) is 7.14. The third kappa shape index (κ3) is 4.72. The molecule has 2 rings (SSSR count). The van der Waals surface area contributed by atoms with E-state index in [1.54, 1.807) is 0 Å². The molecule has 0 radical (unpaired) electrons. The van der Waals surface area contributed by atoms with Crippen LogP contribution in [0.3, 0.4) is 0 Å². The van der Waals surface area contributed by atoms with Crippen LogP contribution in [0.5, 0.6) is 0 Å². The fourth-order valence-corrected chi connectivity index (χ4v) is 2.37. The van der Waals surface area contributed by atoms with Crippen LogP contribution in [-0.4, -0.2) is 12.5 Å². The summed E-state index contributed by atoms with van der Waals surface area (Å²) in [5.41, 5.74) is 5.61. The van der Waals surface area contributed by atoms with Crippen LogP contribution in [-0.2, 0) is 11.3 Å². The van der Waals surface area contributed by atoms with Crippen LogP contribution in [0.1, 0.15) is 22.3 Å². The highest BCUT2D eigenvalue weighted by molar-refractivity contribution is 5.92. The van der Waals surface area contributed by atoms with Gasteiger partial charge in [0, 0.05) is 12.2 Å². The highest BCUT2D eigenvalue weighted by atomic mass is 16.1. The van der Waals surface area contributed by atoms with Gasteiger partial charge in [-0.1, -0.05) is 30.3 Å². The van der Waals surface area contributed by atoms with Gasteiger partial charge in [0.05, 0.1) is 6.54 Å². The molecule has 1 amide bonds. The van der Waals surface area contributed by atoms with Crippen molar-refractivity contribution >= 4 is 11.6 Å². The second-order valence-corrected chi connectivity index (χ2v) is 5.45. The van der Waals surface area contributed by atoms with Crippen molar-refractivity contribution < 1.29 is 4.79 Å². The van der Waals surface area contributed by atoms with E-state index in [0.29, 0.717) is 13.1 Å². The van der Waals surface area contributed by atoms with Gasteiger partial charge in [-0.2, -0.15) is 0 Å². The van der Waals surface area contributed by atoms with Gasteiger partial charge in [0.25, 0.3) is 0 Å². The molecule has 0 saturated heterocycles. The monoisotopic (exact) mass is 282 g/mol. The first kappa shape index (κ1) is 15.3. The largest absolute Gasteiger partial charge is 0.325 e. The molecule has 3 heteroatoms. The lowest BCUT2D eigenvalue weighted by atomic mass is 10.1. The van der Waals surface area contributed by atoms with Gasteiger partial charge in [-0.25, -0.2) is 0 Å². The van der Waals surface area contributed by atoms with Crippen LogP contribution in [0.2, 0.25) is 0 Å². The predicted molar refractivity (Wildman–Crippen MR) is 87.4 cm³/mol. The predicted octanol–water partition coefficient (Wildman–Crippen LogP) is 3.34. The van der Waals surface area contributed by atoms with E-state index in [2.05, 4.69) is 35.8 Å². The number of anilines is 1. The minimum atomic E-state index is -0.0198. The number of carbonyl (C=O) groups is 1. The second-order valence-electron chi connectivity index (χ2n) is 5.45. The van der Waals surface area contributed by atoms with Crippen LogP contribution in [0.25, 0.3) is 0 Å². The lowest BCUT2D eigenvalue weighted by Crippen LogP contribution is -2.28. The van der Waals surface area contributed by atoms with Crippen LogP contribution in [0.15, 0.2) is 42.5 Å². The molecule has 2 N–H and O–H groups in total. The van der Waals surface area contributed by atoms with E-state index in [4.69, 9.17) is 0 Å². The average Bonchev–Trinajstić information content (AvgIpc) is 2.39. The van der Waals surface area contributed by atoms with Gasteiger partial charge < -0.3 is 10.6 Å². The summed E-state index contributed by atoms with van der Waals surface area (Å²) in [7, 11) is 0. The Balaban J connectivity index is 1.84. The first-order chi connectivity index (χ1) is 10.0. The van der Waals surface area contributed by atoms with Crippen molar-refractivity contribution in [2.45, 2.75) is 27.3 Å². The summed E-state index contributed by atoms with van der Waals surface area (Å²) < 4.78 is 0. The maximum absolute atomic E-state index is 11.9. The molecule has 0 bridgehead atoms. The van der Waals surface area contributed by atoms with Crippen LogP contribution >= 0.6 is 0 Å². The Labute approximate surface area is 126 Å². The van der Waals surface area contributed by atoms with Gasteiger partial charge in [0.1, 0.15) is 0 Å². The molecule has 0 aromatic heterocycles. The SMILES string of the molecule is Cc1cc(C)cc(NC(=O)CNCc2ccccc2C)c1. The summed E-state index contributed by atoms with van der Waals surface area (Å²) in [5, 5.41) is 6.10. The third-order valence-electron chi connectivity index (χ3n) is 3.37. The molecule has 3 nitrogen and oxygen atoms in total. The normalized spacial score (nSPS) is 10.4. The zero-order valence-corrected chi connectivity index (χ0v) is 12.9. The summed E-state index contributed by atoms with van der Waals surface area (Å²) >= 11 is 0. The molecule has 21 heavy (non-hydrogen) atoms. The topological polar surface area (TPSA) is 41.1 Å². The van der Waals surface area contributed by atoms with Crippen molar-refractivity contribution in [2.75, 3.05) is 11.9 Å². The van der Waals surface area contributed by atoms with Gasteiger partial charge in [0.15, 0.2) is 0 Å². The number of nitrogens with one attached hydrogen (secondary N) is 2. The zero-order valence-electron chi connectivity index (χ0n) is 12.9. The van der Waals surface area contributed by atoms with Crippen LogP contribution in [0.4, 0.5) is 5.69 Å². The minimum absolute atomic E-state index is 0.0198. The molecule has 0 aliphatic heterocycles. The molecule has 0 spiro atoms. The minimum Gasteiger partial charge on any atom is -0.325 e. The molecule has 110 valence electrons. The molecule has 0 saturated carbocycles. The van der Waals surface area contributed by atoms with E-state index in [9.17, 15) is 4.79 Å². The number of benzene rings is 2. The van der Waals surface area contributed by atoms with Gasteiger partial charge in [-0.3, -0.25) is 4.79 Å². The van der Waals surface area contributed by atoms with Gasteiger partial charge in [0.2, 0.25) is 5.91 Å². The third-order valence-corrected chi connectivity index (χ3v) is 3.37. The standard InChI is InChI=1S/C18H22N2O/c1-13-8-14(2)10-17(9-13)20-18(21)12-19-11-16-7-5-4-6-15(16)3/h4-10,19H,11-12H2,1-3H3,(H,20,21). The van der Waals surface area contributed by atoms with E-state index >= 15 is 0 Å². The number of carbonyl (C=O) groups excluding carboxylic acids is 1. The Morgan fingerprint density at radius 1 is 1.00 bits per heavy atom. The lowest BCUT2D eigenvalue weighted by molar-refractivity contribution is -0.115. The van der Waals surface area contributed by atoms with Crippen molar-refractivity contribution in [3.05, 3.63) is 64.7 Å². The highest BCUT2D eigenvalue weighted by Crippen LogP contribution is 2.13. The van der Waals surface area contributed by atoms with Crippen molar-refractivity contribution in [2.24, 2.45) is 0 Å². The summed E-state index contributed by atoms with van der Waals surface area (Å²) in [6, 6.07) is 14.2. The summed E-state index contributed by atoms with van der Waals surface area (Å²) in [6.07, 6.45) is 0. The molecule has 0 aliphatic carbocycles. The van der Waals surface area contributed by atoms with Crippen molar-refractivity contribution in [3.8, 4) is 0 Å². The lowest BCUT2D eigenvalue weighted by Gasteiger charge is -2.09. The van der Waals surface area contributed by atoms with E-state index < -0.39 is 0 Å². The zero-order chi connectivity index (χ0) is 15.2. The van der Waals surface area contributed by atoms with Crippen LogP contribution in [0, 0.1) is 20.8 Å². The number of rotatable bonds is 5. The molecule has 0 heterocycles. The molecule has 0 unspecified atom stereocenters. The Bertz CT molecular complexity index is 615. The van der Waals surface area contributed by atoms with Gasteiger partial charge >= 0.3 is 0 Å². The van der Waals surface area contributed by atoms with E-state index in [1.807, 2.05) is 38.1 Å². The van der Waals surface area contributed by atoms with Gasteiger partial charge in [-0.05, 0) is 55.2 Å². The maximum atomic E-state index is 11.9. The molecule has 0 atom stereocenters. The van der Waals surface area contributed by atoms with Crippen molar-refractivity contribution in [1.82, 2.24) is 5.32 Å². The van der Waals surface area contributed by atoms with Crippen LogP contribution < -0.4 is 10.6 Å². The van der Waals surface area contributed by atoms with E-state index in [-0.39, 0.29) is 5.91 Å². The van der Waals surface area contributed by atoms with Gasteiger partial charge in [-0.15, -0.1) is 0 Å². The quantitative estimate of drug-likeness (QED) is 0.883. The maximum Gasteiger partial charge on any atom is 0.238 e. The Hall–Kier alpha value is -2.13.